The SMILES string of the molecule is CC1CN(C(C(=O)N(C)C)c2ccc(C(F)(F)F)cc2)CCN1. The van der Waals surface area contributed by atoms with Gasteiger partial charge in [-0.25, -0.2) is 0 Å². The van der Waals surface area contributed by atoms with Crippen molar-refractivity contribution < 1.29 is 18.0 Å². The summed E-state index contributed by atoms with van der Waals surface area (Å²) in [6, 6.07) is 4.56. The van der Waals surface area contributed by atoms with Crippen LogP contribution < -0.4 is 5.32 Å². The summed E-state index contributed by atoms with van der Waals surface area (Å²) in [5, 5.41) is 3.30. The normalized spacial score (nSPS) is 21.0. The molecule has 1 fully saturated rings. The highest BCUT2D eigenvalue weighted by atomic mass is 19.4. The van der Waals surface area contributed by atoms with Gasteiger partial charge in [-0.2, -0.15) is 13.2 Å². The van der Waals surface area contributed by atoms with Gasteiger partial charge in [0.25, 0.3) is 0 Å². The van der Waals surface area contributed by atoms with Crippen LogP contribution in [0.15, 0.2) is 24.3 Å². The number of likely N-dealkylation sites (N-methyl/N-ethyl adjacent to an activating group) is 1. The fraction of sp³-hybridized carbons (Fsp3) is 0.562. The molecule has 2 atom stereocenters. The number of piperazine rings is 1. The summed E-state index contributed by atoms with van der Waals surface area (Å²) in [7, 11) is 3.32. The van der Waals surface area contributed by atoms with Crippen LogP contribution in [0.4, 0.5) is 13.2 Å². The number of hydrogen-bond donors (Lipinski definition) is 1. The second-order valence-electron chi connectivity index (χ2n) is 6.11. The topological polar surface area (TPSA) is 35.6 Å². The molecule has 1 aliphatic rings. The lowest BCUT2D eigenvalue weighted by atomic mass is 10.0. The van der Waals surface area contributed by atoms with Gasteiger partial charge in [-0.3, -0.25) is 9.69 Å². The molecule has 1 aromatic rings. The van der Waals surface area contributed by atoms with Crippen molar-refractivity contribution in [2.75, 3.05) is 33.7 Å². The Labute approximate surface area is 134 Å². The number of carbonyl (C=O) groups is 1. The van der Waals surface area contributed by atoms with Crippen molar-refractivity contribution >= 4 is 5.91 Å². The van der Waals surface area contributed by atoms with E-state index in [1.165, 1.54) is 17.0 Å². The standard InChI is InChI=1S/C16H22F3N3O/c1-11-10-22(9-8-20-11)14(15(23)21(2)3)12-4-6-13(7-5-12)16(17,18)19/h4-7,11,14,20H,8-10H2,1-3H3. The Morgan fingerprint density at radius 1 is 1.30 bits per heavy atom. The van der Waals surface area contributed by atoms with E-state index in [0.29, 0.717) is 18.7 Å². The van der Waals surface area contributed by atoms with Crippen molar-refractivity contribution in [1.29, 1.82) is 0 Å². The van der Waals surface area contributed by atoms with Gasteiger partial charge in [-0.15, -0.1) is 0 Å². The summed E-state index contributed by atoms with van der Waals surface area (Å²) in [5.74, 6) is -0.126. The largest absolute Gasteiger partial charge is 0.416 e. The quantitative estimate of drug-likeness (QED) is 0.923. The molecule has 0 saturated carbocycles. The molecule has 0 bridgehead atoms. The second-order valence-corrected chi connectivity index (χ2v) is 6.11. The molecule has 1 heterocycles. The molecule has 23 heavy (non-hydrogen) atoms. The van der Waals surface area contributed by atoms with Crippen LogP contribution >= 0.6 is 0 Å². The summed E-state index contributed by atoms with van der Waals surface area (Å²) >= 11 is 0. The number of benzene rings is 1. The molecular formula is C16H22F3N3O. The molecule has 128 valence electrons. The first kappa shape index (κ1) is 17.7. The van der Waals surface area contributed by atoms with Crippen molar-refractivity contribution in [3.05, 3.63) is 35.4 Å². The average Bonchev–Trinajstić information content (AvgIpc) is 2.47. The van der Waals surface area contributed by atoms with Crippen molar-refractivity contribution in [3.8, 4) is 0 Å². The highest BCUT2D eigenvalue weighted by molar-refractivity contribution is 5.83. The Morgan fingerprint density at radius 2 is 1.91 bits per heavy atom. The van der Waals surface area contributed by atoms with E-state index in [1.807, 2.05) is 11.8 Å². The maximum atomic E-state index is 12.7. The monoisotopic (exact) mass is 329 g/mol. The number of amides is 1. The third kappa shape index (κ3) is 4.23. The third-order valence-electron chi connectivity index (χ3n) is 3.99. The molecule has 1 N–H and O–H groups in total. The molecule has 2 unspecified atom stereocenters. The van der Waals surface area contributed by atoms with Gasteiger partial charge in [0.2, 0.25) is 5.91 Å². The molecule has 1 saturated heterocycles. The van der Waals surface area contributed by atoms with Gasteiger partial charge in [-0.05, 0) is 24.6 Å². The Morgan fingerprint density at radius 3 is 2.39 bits per heavy atom. The highest BCUT2D eigenvalue weighted by Crippen LogP contribution is 2.31. The van der Waals surface area contributed by atoms with Gasteiger partial charge in [0.05, 0.1) is 5.56 Å². The van der Waals surface area contributed by atoms with E-state index in [2.05, 4.69) is 5.32 Å². The summed E-state index contributed by atoms with van der Waals surface area (Å²) in [5.41, 5.74) is -0.114. The van der Waals surface area contributed by atoms with Crippen LogP contribution in [0.3, 0.4) is 0 Å². The van der Waals surface area contributed by atoms with Gasteiger partial charge in [-0.1, -0.05) is 12.1 Å². The van der Waals surface area contributed by atoms with Crippen LogP contribution in [0.5, 0.6) is 0 Å². The molecule has 0 aliphatic carbocycles. The molecule has 7 heteroatoms. The van der Waals surface area contributed by atoms with E-state index in [-0.39, 0.29) is 11.9 Å². The van der Waals surface area contributed by atoms with Gasteiger partial charge in [0.15, 0.2) is 0 Å². The number of alkyl halides is 3. The minimum atomic E-state index is -4.37. The number of halogens is 3. The number of carbonyl (C=O) groups excluding carboxylic acids is 1. The van der Waals surface area contributed by atoms with E-state index >= 15 is 0 Å². The van der Waals surface area contributed by atoms with Gasteiger partial charge in [0.1, 0.15) is 6.04 Å². The molecule has 0 aromatic heterocycles. The number of nitrogens with zero attached hydrogens (tertiary/aromatic N) is 2. The maximum absolute atomic E-state index is 12.7. The summed E-state index contributed by atoms with van der Waals surface area (Å²) in [4.78, 5) is 16.1. The van der Waals surface area contributed by atoms with Crippen LogP contribution in [0.2, 0.25) is 0 Å². The average molecular weight is 329 g/mol. The Kier molecular flexibility index (Phi) is 5.31. The van der Waals surface area contributed by atoms with Crippen LogP contribution in [0.1, 0.15) is 24.1 Å². The zero-order valence-corrected chi connectivity index (χ0v) is 13.5. The Hall–Kier alpha value is -1.60. The predicted octanol–water partition coefficient (Wildman–Crippen LogP) is 2.13. The second kappa shape index (κ2) is 6.88. The highest BCUT2D eigenvalue weighted by Gasteiger charge is 2.33. The summed E-state index contributed by atoms with van der Waals surface area (Å²) in [6.07, 6.45) is -4.37. The molecule has 0 radical (unpaired) electrons. The molecule has 2 rings (SSSR count). The van der Waals surface area contributed by atoms with Gasteiger partial charge < -0.3 is 10.2 Å². The van der Waals surface area contributed by atoms with E-state index in [0.717, 1.165) is 18.7 Å². The lowest BCUT2D eigenvalue weighted by molar-refractivity contribution is -0.137. The first-order valence-electron chi connectivity index (χ1n) is 7.56. The number of nitrogens with one attached hydrogen (secondary N) is 1. The predicted molar refractivity (Wildman–Crippen MR) is 81.9 cm³/mol. The molecule has 1 aromatic carbocycles. The fourth-order valence-corrected chi connectivity index (χ4v) is 2.81. The van der Waals surface area contributed by atoms with Gasteiger partial charge in [0, 0.05) is 39.8 Å². The van der Waals surface area contributed by atoms with E-state index in [9.17, 15) is 18.0 Å². The third-order valence-corrected chi connectivity index (χ3v) is 3.99. The number of rotatable bonds is 3. The lowest BCUT2D eigenvalue weighted by Gasteiger charge is -2.38. The molecule has 1 aliphatic heterocycles. The van der Waals surface area contributed by atoms with Crippen molar-refractivity contribution in [3.63, 3.8) is 0 Å². The summed E-state index contributed by atoms with van der Waals surface area (Å²) in [6.45, 7) is 4.12. The van der Waals surface area contributed by atoms with Crippen molar-refractivity contribution in [2.24, 2.45) is 0 Å². The van der Waals surface area contributed by atoms with Crippen LogP contribution in [-0.4, -0.2) is 55.5 Å². The molecular weight excluding hydrogens is 307 g/mol. The Bertz CT molecular complexity index is 542. The fourth-order valence-electron chi connectivity index (χ4n) is 2.81. The maximum Gasteiger partial charge on any atom is 0.416 e. The summed E-state index contributed by atoms with van der Waals surface area (Å²) < 4.78 is 38.2. The van der Waals surface area contributed by atoms with Crippen LogP contribution in [0, 0.1) is 0 Å². The smallest absolute Gasteiger partial charge is 0.347 e. The zero-order valence-electron chi connectivity index (χ0n) is 13.5. The van der Waals surface area contributed by atoms with E-state index < -0.39 is 17.8 Å². The van der Waals surface area contributed by atoms with Crippen molar-refractivity contribution in [1.82, 2.24) is 15.1 Å². The molecule has 0 spiro atoms. The number of hydrogen-bond acceptors (Lipinski definition) is 3. The first-order chi connectivity index (χ1) is 10.7. The minimum Gasteiger partial charge on any atom is -0.347 e. The van der Waals surface area contributed by atoms with E-state index in [4.69, 9.17) is 0 Å². The molecule has 4 nitrogen and oxygen atoms in total. The lowest BCUT2D eigenvalue weighted by Crippen LogP contribution is -2.53. The minimum absolute atomic E-state index is 0.126. The van der Waals surface area contributed by atoms with Crippen LogP contribution in [-0.2, 0) is 11.0 Å². The Balaban J connectivity index is 2.31. The first-order valence-corrected chi connectivity index (χ1v) is 7.56. The van der Waals surface area contributed by atoms with Crippen molar-refractivity contribution in [2.45, 2.75) is 25.2 Å². The van der Waals surface area contributed by atoms with E-state index in [1.54, 1.807) is 14.1 Å². The zero-order chi connectivity index (χ0) is 17.2. The van der Waals surface area contributed by atoms with Crippen LogP contribution in [0.25, 0.3) is 0 Å². The molecule has 1 amide bonds. The van der Waals surface area contributed by atoms with Gasteiger partial charge >= 0.3 is 6.18 Å².